The molecule has 1 atom stereocenters. The Bertz CT molecular complexity index is 433. The molecule has 92 valence electrons. The molecule has 0 fully saturated rings. The summed E-state index contributed by atoms with van der Waals surface area (Å²) >= 11 is 0. The Balaban J connectivity index is 3.08. The molecule has 0 aliphatic carbocycles. The average molecular weight is 232 g/mol. The maximum atomic E-state index is 11.3. The zero-order chi connectivity index (χ0) is 13.0. The van der Waals surface area contributed by atoms with Crippen molar-refractivity contribution in [1.82, 2.24) is 0 Å². The first-order chi connectivity index (χ1) is 8.01. The largest absolute Gasteiger partial charge is 0.454 e. The van der Waals surface area contributed by atoms with Crippen molar-refractivity contribution in [3.05, 3.63) is 47.0 Å². The van der Waals surface area contributed by atoms with Crippen molar-refractivity contribution < 1.29 is 9.53 Å². The summed E-state index contributed by atoms with van der Waals surface area (Å²) in [6.07, 6.45) is 1.79. The molecule has 1 aromatic rings. The smallest absolute Gasteiger partial charge is 0.330 e. The van der Waals surface area contributed by atoms with Crippen LogP contribution in [0.4, 0.5) is 0 Å². The van der Waals surface area contributed by atoms with Crippen LogP contribution in [0.5, 0.6) is 0 Å². The zero-order valence-electron chi connectivity index (χ0n) is 11.0. The summed E-state index contributed by atoms with van der Waals surface area (Å²) in [4.78, 5) is 11.3. The molecule has 0 aliphatic heterocycles. The summed E-state index contributed by atoms with van der Waals surface area (Å²) < 4.78 is 5.35. The topological polar surface area (TPSA) is 26.3 Å². The molecule has 0 spiro atoms. The third-order valence-electron chi connectivity index (χ3n) is 3.24. The van der Waals surface area contributed by atoms with E-state index in [0.717, 1.165) is 12.0 Å². The third kappa shape index (κ3) is 2.96. The van der Waals surface area contributed by atoms with Gasteiger partial charge < -0.3 is 4.74 Å². The highest BCUT2D eigenvalue weighted by atomic mass is 16.5. The van der Waals surface area contributed by atoms with Crippen LogP contribution in [-0.4, -0.2) is 5.97 Å². The summed E-state index contributed by atoms with van der Waals surface area (Å²) in [6.45, 7) is 11.7. The molecule has 1 rings (SSSR count). The van der Waals surface area contributed by atoms with Crippen LogP contribution in [-0.2, 0) is 9.53 Å². The van der Waals surface area contributed by atoms with Gasteiger partial charge in [0.2, 0.25) is 0 Å². The van der Waals surface area contributed by atoms with Gasteiger partial charge in [-0.15, -0.1) is 0 Å². The highest BCUT2D eigenvalue weighted by Crippen LogP contribution is 2.27. The number of rotatable bonds is 4. The predicted octanol–water partition coefficient (Wildman–Crippen LogP) is 3.79. The third-order valence-corrected chi connectivity index (χ3v) is 3.24. The van der Waals surface area contributed by atoms with Crippen molar-refractivity contribution in [2.45, 2.75) is 40.2 Å². The number of hydrogen-bond acceptors (Lipinski definition) is 2. The molecule has 0 aromatic heterocycles. The van der Waals surface area contributed by atoms with Gasteiger partial charge >= 0.3 is 5.97 Å². The van der Waals surface area contributed by atoms with Gasteiger partial charge in [0.1, 0.15) is 6.10 Å². The molecule has 0 bridgehead atoms. The minimum absolute atomic E-state index is 0.181. The Kier molecular flexibility index (Phi) is 4.50. The minimum atomic E-state index is -0.366. The molecule has 17 heavy (non-hydrogen) atoms. The molecule has 0 radical (unpaired) electrons. The van der Waals surface area contributed by atoms with Crippen molar-refractivity contribution >= 4 is 5.97 Å². The quantitative estimate of drug-likeness (QED) is 0.583. The van der Waals surface area contributed by atoms with E-state index in [0.29, 0.717) is 0 Å². The van der Waals surface area contributed by atoms with E-state index in [4.69, 9.17) is 4.74 Å². The van der Waals surface area contributed by atoms with Crippen LogP contribution in [0.25, 0.3) is 0 Å². The number of ether oxygens (including phenoxy) is 1. The molecule has 0 N–H and O–H groups in total. The van der Waals surface area contributed by atoms with Crippen LogP contribution in [0.1, 0.15) is 41.7 Å². The lowest BCUT2D eigenvalue weighted by Gasteiger charge is -2.19. The van der Waals surface area contributed by atoms with Gasteiger partial charge in [-0.25, -0.2) is 4.79 Å². The second kappa shape index (κ2) is 5.67. The summed E-state index contributed by atoms with van der Waals surface area (Å²) in [5.41, 5.74) is 4.81. The molecule has 1 unspecified atom stereocenters. The zero-order valence-corrected chi connectivity index (χ0v) is 11.0. The predicted molar refractivity (Wildman–Crippen MR) is 70.0 cm³/mol. The van der Waals surface area contributed by atoms with Crippen molar-refractivity contribution in [3.63, 3.8) is 0 Å². The number of benzene rings is 1. The highest BCUT2D eigenvalue weighted by Gasteiger charge is 2.16. The Morgan fingerprint density at radius 2 is 2.00 bits per heavy atom. The van der Waals surface area contributed by atoms with E-state index in [9.17, 15) is 4.79 Å². The summed E-state index contributed by atoms with van der Waals surface area (Å²) in [5, 5.41) is 0. The van der Waals surface area contributed by atoms with E-state index in [1.807, 2.05) is 13.0 Å². The minimum Gasteiger partial charge on any atom is -0.454 e. The number of hydrogen-bond donors (Lipinski definition) is 0. The number of carbonyl (C=O) groups excluding carboxylic acids is 1. The molecular formula is C15H20O2. The molecule has 1 aromatic carbocycles. The second-order valence-corrected chi connectivity index (χ2v) is 4.26. The fourth-order valence-electron chi connectivity index (χ4n) is 1.88. The number of carbonyl (C=O) groups is 1. The molecular weight excluding hydrogens is 212 g/mol. The first kappa shape index (κ1) is 13.5. The molecule has 0 amide bonds. The van der Waals surface area contributed by atoms with Crippen LogP contribution < -0.4 is 0 Å². The van der Waals surface area contributed by atoms with Crippen LogP contribution in [0.15, 0.2) is 24.8 Å². The maximum absolute atomic E-state index is 11.3. The van der Waals surface area contributed by atoms with Crippen LogP contribution in [0, 0.1) is 20.8 Å². The van der Waals surface area contributed by atoms with Gasteiger partial charge in [0.15, 0.2) is 0 Å². The van der Waals surface area contributed by atoms with Crippen molar-refractivity contribution in [2.24, 2.45) is 0 Å². The van der Waals surface area contributed by atoms with E-state index in [1.54, 1.807) is 0 Å². The lowest BCUT2D eigenvalue weighted by molar-refractivity contribution is -0.143. The van der Waals surface area contributed by atoms with E-state index in [1.165, 1.54) is 22.8 Å². The van der Waals surface area contributed by atoms with Gasteiger partial charge in [-0.1, -0.05) is 25.6 Å². The molecule has 2 heteroatoms. The molecule has 0 heterocycles. The molecule has 0 saturated carbocycles. The first-order valence-electron chi connectivity index (χ1n) is 5.91. The van der Waals surface area contributed by atoms with Crippen LogP contribution in [0.2, 0.25) is 0 Å². The summed E-state index contributed by atoms with van der Waals surface area (Å²) in [5.74, 6) is -0.366. The van der Waals surface area contributed by atoms with Gasteiger partial charge in [-0.3, -0.25) is 0 Å². The van der Waals surface area contributed by atoms with E-state index < -0.39 is 0 Å². The molecule has 0 saturated heterocycles. The van der Waals surface area contributed by atoms with E-state index >= 15 is 0 Å². The SMILES string of the molecule is C=CC(=O)OC(CC)c1ccc(C)c(C)c1C. The van der Waals surface area contributed by atoms with E-state index in [-0.39, 0.29) is 12.1 Å². The van der Waals surface area contributed by atoms with Crippen LogP contribution >= 0.6 is 0 Å². The van der Waals surface area contributed by atoms with Crippen molar-refractivity contribution in [2.75, 3.05) is 0 Å². The Morgan fingerprint density at radius 3 is 2.53 bits per heavy atom. The van der Waals surface area contributed by atoms with Gasteiger partial charge in [0.05, 0.1) is 0 Å². The van der Waals surface area contributed by atoms with Crippen molar-refractivity contribution in [1.29, 1.82) is 0 Å². The highest BCUT2D eigenvalue weighted by molar-refractivity contribution is 5.81. The number of esters is 1. The van der Waals surface area contributed by atoms with Gasteiger partial charge in [0.25, 0.3) is 0 Å². The summed E-state index contributed by atoms with van der Waals surface area (Å²) in [7, 11) is 0. The second-order valence-electron chi connectivity index (χ2n) is 4.26. The summed E-state index contributed by atoms with van der Waals surface area (Å²) in [6, 6.07) is 4.12. The van der Waals surface area contributed by atoms with Gasteiger partial charge in [-0.05, 0) is 49.4 Å². The maximum Gasteiger partial charge on any atom is 0.330 e. The Hall–Kier alpha value is -1.57. The molecule has 2 nitrogen and oxygen atoms in total. The normalized spacial score (nSPS) is 12.0. The van der Waals surface area contributed by atoms with Crippen molar-refractivity contribution in [3.8, 4) is 0 Å². The fraction of sp³-hybridized carbons (Fsp3) is 0.400. The molecule has 0 aliphatic rings. The Morgan fingerprint density at radius 1 is 1.35 bits per heavy atom. The number of aryl methyl sites for hydroxylation is 1. The van der Waals surface area contributed by atoms with Gasteiger partial charge in [-0.2, -0.15) is 0 Å². The standard InChI is InChI=1S/C15H20O2/c1-6-14(17-15(16)7-2)13-9-8-10(3)11(4)12(13)5/h7-9,14H,2,6H2,1,3-5H3. The lowest BCUT2D eigenvalue weighted by atomic mass is 9.94. The van der Waals surface area contributed by atoms with Gasteiger partial charge in [0, 0.05) is 6.08 Å². The van der Waals surface area contributed by atoms with Crippen LogP contribution in [0.3, 0.4) is 0 Å². The monoisotopic (exact) mass is 232 g/mol. The van der Waals surface area contributed by atoms with E-state index in [2.05, 4.69) is 33.4 Å². The average Bonchev–Trinajstić information content (AvgIpc) is 2.33. The Labute approximate surface area is 103 Å². The fourth-order valence-corrected chi connectivity index (χ4v) is 1.88. The lowest BCUT2D eigenvalue weighted by Crippen LogP contribution is -2.10. The first-order valence-corrected chi connectivity index (χ1v) is 5.91.